The number of amides is 1. The van der Waals surface area contributed by atoms with Crippen molar-refractivity contribution in [3.05, 3.63) is 71.2 Å². The number of hydrogen-bond acceptors (Lipinski definition) is 6. The first-order valence-electron chi connectivity index (χ1n) is 8.55. The second-order valence-corrected chi connectivity index (χ2v) is 6.50. The van der Waals surface area contributed by atoms with E-state index < -0.39 is 35.2 Å². The molecule has 1 atom stereocenters. The van der Waals surface area contributed by atoms with Gasteiger partial charge >= 0.3 is 0 Å². The summed E-state index contributed by atoms with van der Waals surface area (Å²) in [7, 11) is 1.32. The van der Waals surface area contributed by atoms with Gasteiger partial charge in [0.15, 0.2) is 17.6 Å². The standard InChI is InChI=1S/C19H13F4N5O2/c1-28-17(29)19(26-18(28)24,14-4-2-3-13(25-14)16(22)23)9-7-10(12-5-6-30-27-12)15(21)11(20)8-9/h2-8,16H,1H3,(H2,24,26). The van der Waals surface area contributed by atoms with Gasteiger partial charge in [-0.1, -0.05) is 11.2 Å². The Kier molecular flexibility index (Phi) is 4.52. The van der Waals surface area contributed by atoms with Crippen LogP contribution in [0.5, 0.6) is 0 Å². The molecule has 11 heteroatoms. The van der Waals surface area contributed by atoms with Crippen LogP contribution in [0.3, 0.4) is 0 Å². The van der Waals surface area contributed by atoms with E-state index in [1.54, 1.807) is 0 Å². The van der Waals surface area contributed by atoms with Gasteiger partial charge in [0.25, 0.3) is 12.3 Å². The third-order valence-corrected chi connectivity index (χ3v) is 4.76. The van der Waals surface area contributed by atoms with Gasteiger partial charge in [0.2, 0.25) is 5.54 Å². The first kappa shape index (κ1) is 19.6. The van der Waals surface area contributed by atoms with Crippen molar-refractivity contribution in [2.75, 3.05) is 7.05 Å². The number of pyridine rings is 1. The van der Waals surface area contributed by atoms with Crippen molar-refractivity contribution in [2.24, 2.45) is 10.7 Å². The first-order valence-corrected chi connectivity index (χ1v) is 8.55. The largest absolute Gasteiger partial charge is 0.369 e. The molecule has 154 valence electrons. The van der Waals surface area contributed by atoms with E-state index in [4.69, 9.17) is 5.73 Å². The number of alkyl halides is 2. The average molecular weight is 419 g/mol. The molecule has 0 saturated carbocycles. The molecule has 0 fully saturated rings. The summed E-state index contributed by atoms with van der Waals surface area (Å²) in [4.78, 5) is 22.1. The highest BCUT2D eigenvalue weighted by Gasteiger charge is 2.51. The summed E-state index contributed by atoms with van der Waals surface area (Å²) in [6.45, 7) is 0. The van der Waals surface area contributed by atoms with Gasteiger partial charge in [-0.25, -0.2) is 27.5 Å². The molecule has 2 N–H and O–H groups in total. The lowest BCUT2D eigenvalue weighted by Crippen LogP contribution is -2.41. The molecule has 1 aromatic carbocycles. The van der Waals surface area contributed by atoms with Gasteiger partial charge in [-0.05, 0) is 29.8 Å². The highest BCUT2D eigenvalue weighted by Crippen LogP contribution is 2.41. The minimum atomic E-state index is -2.92. The molecule has 0 radical (unpaired) electrons. The number of nitrogens with two attached hydrogens (primary N) is 1. The van der Waals surface area contributed by atoms with Crippen LogP contribution in [0.4, 0.5) is 17.6 Å². The van der Waals surface area contributed by atoms with Crippen LogP contribution in [0.2, 0.25) is 0 Å². The van der Waals surface area contributed by atoms with Gasteiger partial charge in [-0.15, -0.1) is 0 Å². The van der Waals surface area contributed by atoms with Gasteiger partial charge in [0, 0.05) is 18.7 Å². The predicted octanol–water partition coefficient (Wildman–Crippen LogP) is 2.98. The van der Waals surface area contributed by atoms with E-state index in [0.29, 0.717) is 0 Å². The molecule has 30 heavy (non-hydrogen) atoms. The minimum Gasteiger partial charge on any atom is -0.369 e. The average Bonchev–Trinajstić information content (AvgIpc) is 3.34. The summed E-state index contributed by atoms with van der Waals surface area (Å²) in [5, 5.41) is 3.59. The highest BCUT2D eigenvalue weighted by molar-refractivity contribution is 6.08. The van der Waals surface area contributed by atoms with E-state index >= 15 is 0 Å². The van der Waals surface area contributed by atoms with E-state index in [-0.39, 0.29) is 28.5 Å². The highest BCUT2D eigenvalue weighted by atomic mass is 19.3. The predicted molar refractivity (Wildman–Crippen MR) is 96.2 cm³/mol. The summed E-state index contributed by atoms with van der Waals surface area (Å²) in [5.41, 5.74) is 2.40. The van der Waals surface area contributed by atoms with Gasteiger partial charge in [-0.3, -0.25) is 9.69 Å². The minimum absolute atomic E-state index is 0.0338. The van der Waals surface area contributed by atoms with Gasteiger partial charge in [0.1, 0.15) is 17.7 Å². The van der Waals surface area contributed by atoms with Crippen molar-refractivity contribution in [2.45, 2.75) is 12.0 Å². The van der Waals surface area contributed by atoms with Crippen molar-refractivity contribution in [3.8, 4) is 11.3 Å². The molecule has 3 aromatic rings. The topological polar surface area (TPSA) is 97.6 Å². The molecule has 7 nitrogen and oxygen atoms in total. The quantitative estimate of drug-likeness (QED) is 0.656. The Balaban J connectivity index is 2.02. The van der Waals surface area contributed by atoms with E-state index in [2.05, 4.69) is 19.7 Å². The number of hydrogen-bond donors (Lipinski definition) is 1. The van der Waals surface area contributed by atoms with Crippen LogP contribution >= 0.6 is 0 Å². The van der Waals surface area contributed by atoms with Gasteiger partial charge in [-0.2, -0.15) is 0 Å². The monoisotopic (exact) mass is 419 g/mol. The Morgan fingerprint density at radius 2 is 1.97 bits per heavy atom. The Morgan fingerprint density at radius 3 is 2.57 bits per heavy atom. The summed E-state index contributed by atoms with van der Waals surface area (Å²) >= 11 is 0. The second-order valence-electron chi connectivity index (χ2n) is 6.50. The smallest absolute Gasteiger partial charge is 0.280 e. The number of carbonyl (C=O) groups excluding carboxylic acids is 1. The number of nitrogens with zero attached hydrogens (tertiary/aromatic N) is 4. The van der Waals surface area contributed by atoms with Crippen LogP contribution in [0, 0.1) is 11.6 Å². The number of carbonyl (C=O) groups is 1. The fraction of sp³-hybridized carbons (Fsp3) is 0.158. The molecule has 1 aliphatic heterocycles. The number of guanidine groups is 1. The molecular formula is C19H13F4N5O2. The number of aliphatic imine (C=N–C) groups is 1. The molecule has 2 aromatic heterocycles. The molecule has 0 aliphatic carbocycles. The number of aromatic nitrogens is 2. The third-order valence-electron chi connectivity index (χ3n) is 4.76. The molecule has 0 spiro atoms. The van der Waals surface area contributed by atoms with E-state index in [9.17, 15) is 22.4 Å². The number of benzene rings is 1. The van der Waals surface area contributed by atoms with E-state index in [0.717, 1.165) is 29.4 Å². The fourth-order valence-corrected chi connectivity index (χ4v) is 3.25. The van der Waals surface area contributed by atoms with Crippen LogP contribution in [0.25, 0.3) is 11.3 Å². The van der Waals surface area contributed by atoms with Gasteiger partial charge < -0.3 is 10.3 Å². The summed E-state index contributed by atoms with van der Waals surface area (Å²) in [6, 6.07) is 6.82. The lowest BCUT2D eigenvalue weighted by atomic mass is 9.84. The van der Waals surface area contributed by atoms with Crippen molar-refractivity contribution >= 4 is 11.9 Å². The number of halogens is 4. The second kappa shape index (κ2) is 6.94. The SMILES string of the molecule is CN1C(=O)C(c2cc(F)c(F)c(-c3ccon3)c2)(c2cccc(C(F)F)n2)N=C1N. The Hall–Kier alpha value is -3.76. The normalized spacial score (nSPS) is 18.9. The number of rotatable bonds is 4. The Bertz CT molecular complexity index is 1170. The van der Waals surface area contributed by atoms with Crippen LogP contribution in [-0.2, 0) is 10.3 Å². The molecule has 3 heterocycles. The fourth-order valence-electron chi connectivity index (χ4n) is 3.25. The summed E-state index contributed by atoms with van der Waals surface area (Å²) < 4.78 is 60.1. The lowest BCUT2D eigenvalue weighted by Gasteiger charge is -2.26. The summed E-state index contributed by atoms with van der Waals surface area (Å²) in [6.07, 6.45) is -1.76. The van der Waals surface area contributed by atoms with Gasteiger partial charge in [0.05, 0.1) is 5.69 Å². The van der Waals surface area contributed by atoms with Crippen LogP contribution in [0.1, 0.15) is 23.4 Å². The number of likely N-dealkylation sites (N-methyl/N-ethyl adjacent to an activating group) is 1. The van der Waals surface area contributed by atoms with Crippen molar-refractivity contribution in [3.63, 3.8) is 0 Å². The van der Waals surface area contributed by atoms with Crippen LogP contribution in [-0.4, -0.2) is 34.0 Å². The van der Waals surface area contributed by atoms with Crippen molar-refractivity contribution < 1.29 is 26.9 Å². The maximum atomic E-state index is 14.5. The Morgan fingerprint density at radius 1 is 1.20 bits per heavy atom. The molecule has 1 aliphatic rings. The third kappa shape index (κ3) is 2.81. The maximum Gasteiger partial charge on any atom is 0.280 e. The zero-order valence-electron chi connectivity index (χ0n) is 15.3. The van der Waals surface area contributed by atoms with E-state index in [1.165, 1.54) is 25.2 Å². The molecular weight excluding hydrogens is 406 g/mol. The van der Waals surface area contributed by atoms with Crippen LogP contribution in [0.15, 0.2) is 52.2 Å². The first-order chi connectivity index (χ1) is 14.3. The molecule has 1 amide bonds. The molecule has 1 unspecified atom stereocenters. The van der Waals surface area contributed by atoms with Crippen molar-refractivity contribution in [1.29, 1.82) is 0 Å². The zero-order chi connectivity index (χ0) is 21.6. The maximum absolute atomic E-state index is 14.5. The lowest BCUT2D eigenvalue weighted by molar-refractivity contribution is -0.129. The molecule has 4 rings (SSSR count). The summed E-state index contributed by atoms with van der Waals surface area (Å²) in [5.74, 6) is -3.54. The van der Waals surface area contributed by atoms with E-state index in [1.807, 2.05) is 0 Å². The van der Waals surface area contributed by atoms with Crippen LogP contribution < -0.4 is 5.73 Å². The molecule has 0 bridgehead atoms. The zero-order valence-corrected chi connectivity index (χ0v) is 15.3. The Labute approximate surface area is 166 Å². The van der Waals surface area contributed by atoms with Crippen molar-refractivity contribution in [1.82, 2.24) is 15.0 Å². The molecule has 0 saturated heterocycles.